The molecule has 4 heteroatoms. The van der Waals surface area contributed by atoms with Crippen LogP contribution >= 0.6 is 31.9 Å². The number of rotatable bonds is 3. The summed E-state index contributed by atoms with van der Waals surface area (Å²) in [7, 11) is 0. The minimum atomic E-state index is 0.0572. The Hall–Kier alpha value is -0.610. The van der Waals surface area contributed by atoms with Crippen LogP contribution in [0.3, 0.4) is 0 Å². The smallest absolute Gasteiger partial charge is 0.198 e. The lowest BCUT2D eigenvalue weighted by Crippen LogP contribution is -1.94. The van der Waals surface area contributed by atoms with Crippen molar-refractivity contribution in [2.45, 2.75) is 19.8 Å². The Morgan fingerprint density at radius 3 is 2.75 bits per heavy atom. The highest BCUT2D eigenvalue weighted by Crippen LogP contribution is 2.31. The van der Waals surface area contributed by atoms with Crippen LogP contribution in [0, 0.1) is 0 Å². The van der Waals surface area contributed by atoms with Gasteiger partial charge in [0, 0.05) is 16.3 Å². The molecule has 0 radical (unpaired) electrons. The van der Waals surface area contributed by atoms with Crippen molar-refractivity contribution in [3.63, 3.8) is 0 Å². The monoisotopic (exact) mass is 344 g/mol. The van der Waals surface area contributed by atoms with Gasteiger partial charge in [-0.15, -0.1) is 0 Å². The molecule has 1 aromatic heterocycles. The minimum absolute atomic E-state index is 0.0572. The Balaban J connectivity index is 2.51. The van der Waals surface area contributed by atoms with Gasteiger partial charge >= 0.3 is 0 Å². The van der Waals surface area contributed by atoms with Crippen LogP contribution in [-0.2, 0) is 0 Å². The Labute approximate surface area is 110 Å². The molecule has 0 N–H and O–H groups in total. The van der Waals surface area contributed by atoms with Gasteiger partial charge in [-0.2, -0.15) is 0 Å². The summed E-state index contributed by atoms with van der Waals surface area (Å²) in [5.74, 6) is 0.498. The fraction of sp³-hybridized carbons (Fsp3) is 0.250. The largest absolute Gasteiger partial charge is 0.452 e. The molecule has 2 aromatic rings. The zero-order valence-corrected chi connectivity index (χ0v) is 11.9. The number of hydrogen-bond donors (Lipinski definition) is 0. The summed E-state index contributed by atoms with van der Waals surface area (Å²) in [5.41, 5.74) is 0.725. The summed E-state index contributed by atoms with van der Waals surface area (Å²) < 4.78 is 7.37. The zero-order valence-electron chi connectivity index (χ0n) is 8.72. The number of halogens is 2. The number of hydrogen-bond acceptors (Lipinski definition) is 2. The molecule has 1 aromatic carbocycles. The first-order chi connectivity index (χ1) is 7.61. The van der Waals surface area contributed by atoms with E-state index in [4.69, 9.17) is 4.42 Å². The van der Waals surface area contributed by atoms with Crippen LogP contribution in [0.2, 0.25) is 0 Å². The van der Waals surface area contributed by atoms with Gasteiger partial charge in [0.05, 0.1) is 4.47 Å². The van der Waals surface area contributed by atoms with Crippen LogP contribution in [0.1, 0.15) is 30.3 Å². The molecular weight excluding hydrogens is 336 g/mol. The first-order valence-electron chi connectivity index (χ1n) is 5.03. The average Bonchev–Trinajstić information content (AvgIpc) is 2.62. The Bertz CT molecular complexity index is 543. The standard InChI is InChI=1S/C12H10Br2O2/c1-2-3-10(15)11-5-7-4-8(13)6-9(14)12(7)16-11/h4-6H,2-3H2,1H3. The van der Waals surface area contributed by atoms with Gasteiger partial charge in [-0.1, -0.05) is 22.9 Å². The average molecular weight is 346 g/mol. The van der Waals surface area contributed by atoms with Gasteiger partial charge in [0.1, 0.15) is 5.58 Å². The summed E-state index contributed by atoms with van der Waals surface area (Å²) >= 11 is 6.82. The maximum atomic E-state index is 11.7. The predicted molar refractivity (Wildman–Crippen MR) is 70.9 cm³/mol. The number of carbonyl (C=O) groups is 1. The number of carbonyl (C=O) groups excluding carboxylic acids is 1. The molecule has 0 unspecified atom stereocenters. The fourth-order valence-electron chi connectivity index (χ4n) is 1.56. The number of Topliss-reactive ketones (excluding diaryl/α,β-unsaturated/α-hetero) is 1. The lowest BCUT2D eigenvalue weighted by molar-refractivity contribution is 0.0957. The molecule has 0 aliphatic heterocycles. The number of furan rings is 1. The number of ketones is 1. The first-order valence-corrected chi connectivity index (χ1v) is 6.62. The molecule has 2 nitrogen and oxygen atoms in total. The fourth-order valence-corrected chi connectivity index (χ4v) is 2.90. The highest BCUT2D eigenvalue weighted by Gasteiger charge is 2.13. The molecule has 1 heterocycles. The molecule has 0 aliphatic carbocycles. The van der Waals surface area contributed by atoms with Crippen LogP contribution in [0.15, 0.2) is 31.6 Å². The van der Waals surface area contributed by atoms with E-state index in [0.717, 1.165) is 26.3 Å². The van der Waals surface area contributed by atoms with Gasteiger partial charge in [0.15, 0.2) is 11.5 Å². The summed E-state index contributed by atoms with van der Waals surface area (Å²) in [4.78, 5) is 11.7. The molecule has 0 saturated carbocycles. The van der Waals surface area contributed by atoms with Gasteiger partial charge in [-0.3, -0.25) is 4.79 Å². The van der Waals surface area contributed by atoms with E-state index in [1.807, 2.05) is 19.1 Å². The topological polar surface area (TPSA) is 30.2 Å². The van der Waals surface area contributed by atoms with Crippen LogP contribution in [0.5, 0.6) is 0 Å². The SMILES string of the molecule is CCCC(=O)c1cc2cc(Br)cc(Br)c2o1. The molecule has 0 aliphatic rings. The normalized spacial score (nSPS) is 10.9. The quantitative estimate of drug-likeness (QED) is 0.737. The van der Waals surface area contributed by atoms with E-state index < -0.39 is 0 Å². The molecule has 0 amide bonds. The molecule has 0 fully saturated rings. The Morgan fingerprint density at radius 1 is 1.31 bits per heavy atom. The van der Waals surface area contributed by atoms with Crippen LogP contribution in [0.4, 0.5) is 0 Å². The van der Waals surface area contributed by atoms with Gasteiger partial charge < -0.3 is 4.42 Å². The lowest BCUT2D eigenvalue weighted by atomic mass is 10.2. The number of fused-ring (bicyclic) bond motifs is 1. The lowest BCUT2D eigenvalue weighted by Gasteiger charge is -1.94. The van der Waals surface area contributed by atoms with Gasteiger partial charge in [0.2, 0.25) is 0 Å². The van der Waals surface area contributed by atoms with Crippen molar-refractivity contribution in [3.8, 4) is 0 Å². The predicted octanol–water partition coefficient (Wildman–Crippen LogP) is 4.94. The number of benzene rings is 1. The maximum Gasteiger partial charge on any atom is 0.198 e. The minimum Gasteiger partial charge on any atom is -0.452 e. The van der Waals surface area contributed by atoms with E-state index in [1.54, 1.807) is 6.07 Å². The third kappa shape index (κ3) is 2.23. The van der Waals surface area contributed by atoms with E-state index in [2.05, 4.69) is 31.9 Å². The summed E-state index contributed by atoms with van der Waals surface area (Å²) in [6.07, 6.45) is 1.36. The molecule has 2 rings (SSSR count). The van der Waals surface area contributed by atoms with Crippen molar-refractivity contribution in [2.24, 2.45) is 0 Å². The Morgan fingerprint density at radius 2 is 2.06 bits per heavy atom. The van der Waals surface area contributed by atoms with Crippen molar-refractivity contribution < 1.29 is 9.21 Å². The molecule has 0 bridgehead atoms. The van der Waals surface area contributed by atoms with Crippen molar-refractivity contribution in [1.29, 1.82) is 0 Å². The second kappa shape index (κ2) is 4.72. The molecule has 84 valence electrons. The van der Waals surface area contributed by atoms with Crippen LogP contribution in [-0.4, -0.2) is 5.78 Å². The Kier molecular flexibility index (Phi) is 3.50. The van der Waals surface area contributed by atoms with E-state index in [9.17, 15) is 4.79 Å². The second-order valence-corrected chi connectivity index (χ2v) is 5.36. The molecule has 0 spiro atoms. The maximum absolute atomic E-state index is 11.7. The zero-order chi connectivity index (χ0) is 11.7. The van der Waals surface area contributed by atoms with Crippen molar-refractivity contribution in [1.82, 2.24) is 0 Å². The summed E-state index contributed by atoms with van der Waals surface area (Å²) in [6.45, 7) is 1.98. The van der Waals surface area contributed by atoms with Crippen molar-refractivity contribution >= 4 is 48.6 Å². The molecule has 0 saturated heterocycles. The third-order valence-corrected chi connectivity index (χ3v) is 3.33. The molecule has 0 atom stereocenters. The van der Waals surface area contributed by atoms with Crippen molar-refractivity contribution in [2.75, 3.05) is 0 Å². The van der Waals surface area contributed by atoms with E-state index in [1.165, 1.54) is 0 Å². The van der Waals surface area contributed by atoms with E-state index >= 15 is 0 Å². The molecular formula is C12H10Br2O2. The highest BCUT2D eigenvalue weighted by atomic mass is 79.9. The van der Waals surface area contributed by atoms with Gasteiger partial charge in [-0.25, -0.2) is 0 Å². The third-order valence-electron chi connectivity index (χ3n) is 2.29. The van der Waals surface area contributed by atoms with E-state index in [0.29, 0.717) is 12.2 Å². The molecule has 16 heavy (non-hydrogen) atoms. The van der Waals surface area contributed by atoms with Gasteiger partial charge in [-0.05, 0) is 40.5 Å². The first kappa shape index (κ1) is 11.9. The van der Waals surface area contributed by atoms with Crippen molar-refractivity contribution in [3.05, 3.63) is 32.9 Å². The van der Waals surface area contributed by atoms with Gasteiger partial charge in [0.25, 0.3) is 0 Å². The van der Waals surface area contributed by atoms with Crippen LogP contribution < -0.4 is 0 Å². The van der Waals surface area contributed by atoms with Crippen LogP contribution in [0.25, 0.3) is 11.0 Å². The summed E-state index contributed by atoms with van der Waals surface area (Å²) in [5, 5.41) is 0.931. The van der Waals surface area contributed by atoms with E-state index in [-0.39, 0.29) is 5.78 Å². The summed E-state index contributed by atoms with van der Waals surface area (Å²) in [6, 6.07) is 5.63. The second-order valence-electron chi connectivity index (χ2n) is 3.59. The highest BCUT2D eigenvalue weighted by molar-refractivity contribution is 9.11.